The monoisotopic (exact) mass is 680 g/mol. The molecule has 1 aromatic heterocycles. The van der Waals surface area contributed by atoms with Crippen LogP contribution in [-0.2, 0) is 17.8 Å². The number of anilines is 1. The van der Waals surface area contributed by atoms with Crippen molar-refractivity contribution >= 4 is 29.1 Å². The number of benzene rings is 3. The molecule has 262 valence electrons. The number of carbonyl (C=O) groups excluding carboxylic acids is 3. The van der Waals surface area contributed by atoms with E-state index in [4.69, 9.17) is 9.84 Å². The molecule has 1 atom stereocenters. The molecule has 0 fully saturated rings. The SMILES string of the molecule is CCCCN(CCCC)C(=O)c1cc(C)n(-c2ccc(NC(=O)COc3ccc(N=O)cc3)cc2C(=O)N2Cc3ccccc3C[C@H]2CO)n1. The molecule has 2 N–H and O–H groups in total. The highest BCUT2D eigenvalue weighted by Gasteiger charge is 2.32. The second kappa shape index (κ2) is 16.8. The van der Waals surface area contributed by atoms with Crippen LogP contribution in [0.2, 0.25) is 0 Å². The van der Waals surface area contributed by atoms with E-state index in [9.17, 15) is 24.4 Å². The van der Waals surface area contributed by atoms with Gasteiger partial charge >= 0.3 is 0 Å². The number of amides is 3. The van der Waals surface area contributed by atoms with E-state index in [2.05, 4.69) is 24.3 Å². The van der Waals surface area contributed by atoms with Crippen molar-refractivity contribution < 1.29 is 24.2 Å². The summed E-state index contributed by atoms with van der Waals surface area (Å²) < 4.78 is 7.16. The zero-order valence-electron chi connectivity index (χ0n) is 28.8. The minimum Gasteiger partial charge on any atom is -0.484 e. The predicted molar refractivity (Wildman–Crippen MR) is 191 cm³/mol. The molecular formula is C38H44N6O6. The summed E-state index contributed by atoms with van der Waals surface area (Å²) in [6.45, 7) is 7.06. The van der Waals surface area contributed by atoms with Gasteiger partial charge in [0, 0.05) is 31.0 Å². The zero-order valence-corrected chi connectivity index (χ0v) is 28.8. The summed E-state index contributed by atoms with van der Waals surface area (Å²) in [6.07, 6.45) is 4.20. The topological polar surface area (TPSA) is 146 Å². The quantitative estimate of drug-likeness (QED) is 0.142. The Morgan fingerprint density at radius 3 is 2.34 bits per heavy atom. The Balaban J connectivity index is 1.47. The van der Waals surface area contributed by atoms with Gasteiger partial charge in [0.25, 0.3) is 17.7 Å². The van der Waals surface area contributed by atoms with Gasteiger partial charge in [0.15, 0.2) is 12.3 Å². The highest BCUT2D eigenvalue weighted by Crippen LogP contribution is 2.29. The van der Waals surface area contributed by atoms with Crippen LogP contribution in [-0.4, -0.2) is 74.8 Å². The second-order valence-electron chi connectivity index (χ2n) is 12.5. The second-order valence-corrected chi connectivity index (χ2v) is 12.5. The van der Waals surface area contributed by atoms with Crippen LogP contribution in [0.5, 0.6) is 5.75 Å². The van der Waals surface area contributed by atoms with E-state index < -0.39 is 11.9 Å². The summed E-state index contributed by atoms with van der Waals surface area (Å²) in [6, 6.07) is 20.1. The lowest BCUT2D eigenvalue weighted by atomic mass is 9.93. The fourth-order valence-corrected chi connectivity index (χ4v) is 6.06. The molecule has 5 rings (SSSR count). The molecule has 4 aromatic rings. The fourth-order valence-electron chi connectivity index (χ4n) is 6.06. The molecule has 3 aromatic carbocycles. The molecule has 1 aliphatic rings. The molecule has 50 heavy (non-hydrogen) atoms. The summed E-state index contributed by atoms with van der Waals surface area (Å²) in [7, 11) is 0. The largest absolute Gasteiger partial charge is 0.484 e. The third-order valence-electron chi connectivity index (χ3n) is 8.83. The smallest absolute Gasteiger partial charge is 0.274 e. The van der Waals surface area contributed by atoms with Gasteiger partial charge in [-0.25, -0.2) is 4.68 Å². The summed E-state index contributed by atoms with van der Waals surface area (Å²) in [4.78, 5) is 55.3. The standard InChI is InChI=1S/C38H44N6O6/c1-4-6-18-42(19-7-5-2)38(48)34-20-26(3)44(40-34)35-17-14-30(39-36(46)25-50-32-15-12-29(41-49)13-16-32)22-33(35)37(47)43-23-28-11-9-8-10-27(28)21-31(43)24-45/h8-17,20,22,31,45H,4-7,18-19,21,23-25H2,1-3H3,(H,39,46)/t31-/m0/s1. The molecule has 0 unspecified atom stereocenters. The first-order chi connectivity index (χ1) is 24.3. The van der Waals surface area contributed by atoms with E-state index in [1.807, 2.05) is 36.1 Å². The van der Waals surface area contributed by atoms with Crippen LogP contribution in [0.25, 0.3) is 5.69 Å². The third-order valence-corrected chi connectivity index (χ3v) is 8.83. The first-order valence-corrected chi connectivity index (χ1v) is 17.1. The number of aryl methyl sites for hydroxylation is 1. The summed E-state index contributed by atoms with van der Waals surface area (Å²) in [5.74, 6) is -0.575. The van der Waals surface area contributed by atoms with Crippen molar-refractivity contribution in [2.24, 2.45) is 5.18 Å². The van der Waals surface area contributed by atoms with Crippen LogP contribution in [0.1, 0.15) is 77.2 Å². The van der Waals surface area contributed by atoms with Crippen molar-refractivity contribution in [1.29, 1.82) is 0 Å². The fraction of sp³-hybridized carbons (Fsp3) is 0.368. The van der Waals surface area contributed by atoms with Gasteiger partial charge in [-0.1, -0.05) is 51.0 Å². The molecule has 0 spiro atoms. The summed E-state index contributed by atoms with van der Waals surface area (Å²) >= 11 is 0. The van der Waals surface area contributed by atoms with Gasteiger partial charge in [0.2, 0.25) is 0 Å². The number of fused-ring (bicyclic) bond motifs is 1. The van der Waals surface area contributed by atoms with Crippen molar-refractivity contribution in [3.8, 4) is 11.4 Å². The molecule has 0 bridgehead atoms. The number of ether oxygens (including phenoxy) is 1. The molecule has 3 amide bonds. The molecule has 0 radical (unpaired) electrons. The van der Waals surface area contributed by atoms with Gasteiger partial charge in [-0.15, -0.1) is 4.91 Å². The number of aromatic nitrogens is 2. The lowest BCUT2D eigenvalue weighted by molar-refractivity contribution is -0.118. The maximum atomic E-state index is 14.5. The van der Waals surface area contributed by atoms with Crippen LogP contribution in [0.3, 0.4) is 0 Å². The number of nitrogens with one attached hydrogen (secondary N) is 1. The van der Waals surface area contributed by atoms with E-state index in [1.54, 1.807) is 46.0 Å². The lowest BCUT2D eigenvalue weighted by Gasteiger charge is -2.36. The third kappa shape index (κ3) is 8.43. The van der Waals surface area contributed by atoms with Gasteiger partial charge in [-0.3, -0.25) is 14.4 Å². The van der Waals surface area contributed by atoms with Crippen molar-refractivity contribution in [2.75, 3.05) is 31.6 Å². The van der Waals surface area contributed by atoms with E-state index in [0.29, 0.717) is 54.6 Å². The highest BCUT2D eigenvalue weighted by molar-refractivity contribution is 6.01. The number of aliphatic hydroxyl groups excluding tert-OH is 1. The highest BCUT2D eigenvalue weighted by atomic mass is 16.5. The number of nitroso groups, excluding NO2 is 1. The number of rotatable bonds is 15. The molecule has 1 aliphatic heterocycles. The Kier molecular flexibility index (Phi) is 12.1. The maximum Gasteiger partial charge on any atom is 0.274 e. The zero-order chi connectivity index (χ0) is 35.6. The number of carbonyl (C=O) groups is 3. The summed E-state index contributed by atoms with van der Waals surface area (Å²) in [5.41, 5.74) is 4.32. The molecule has 0 aliphatic carbocycles. The molecule has 0 saturated carbocycles. The van der Waals surface area contributed by atoms with Crippen LogP contribution in [0.15, 0.2) is 78.0 Å². The molecule has 12 nitrogen and oxygen atoms in total. The molecule has 0 saturated heterocycles. The Bertz CT molecular complexity index is 1810. The molecule has 12 heteroatoms. The number of nitrogens with zero attached hydrogens (tertiary/aromatic N) is 5. The number of hydrogen-bond donors (Lipinski definition) is 2. The van der Waals surface area contributed by atoms with Crippen LogP contribution in [0, 0.1) is 11.8 Å². The van der Waals surface area contributed by atoms with E-state index >= 15 is 0 Å². The number of unbranched alkanes of at least 4 members (excludes halogenated alkanes) is 2. The van der Waals surface area contributed by atoms with Crippen molar-refractivity contribution in [2.45, 2.75) is 65.5 Å². The van der Waals surface area contributed by atoms with E-state index in [-0.39, 0.29) is 36.3 Å². The van der Waals surface area contributed by atoms with Crippen LogP contribution in [0.4, 0.5) is 11.4 Å². The van der Waals surface area contributed by atoms with E-state index in [1.165, 1.54) is 12.1 Å². The molecular weight excluding hydrogens is 636 g/mol. The average Bonchev–Trinajstić information content (AvgIpc) is 3.54. The van der Waals surface area contributed by atoms with Gasteiger partial charge < -0.3 is 25.0 Å². The van der Waals surface area contributed by atoms with Crippen LogP contribution < -0.4 is 10.1 Å². The van der Waals surface area contributed by atoms with Gasteiger partial charge in [0.05, 0.1) is 23.9 Å². The van der Waals surface area contributed by atoms with Gasteiger partial charge in [0.1, 0.15) is 11.4 Å². The Labute approximate surface area is 292 Å². The Hall–Kier alpha value is -5.36. The minimum atomic E-state index is -0.462. The van der Waals surface area contributed by atoms with Crippen molar-refractivity contribution in [1.82, 2.24) is 19.6 Å². The lowest BCUT2D eigenvalue weighted by Crippen LogP contribution is -2.46. The number of aliphatic hydroxyl groups is 1. The van der Waals surface area contributed by atoms with Crippen LogP contribution >= 0.6 is 0 Å². The Morgan fingerprint density at radius 1 is 0.980 bits per heavy atom. The number of hydrogen-bond acceptors (Lipinski definition) is 8. The normalized spacial score (nSPS) is 13.8. The first-order valence-electron chi connectivity index (χ1n) is 17.1. The molecule has 2 heterocycles. The Morgan fingerprint density at radius 2 is 1.68 bits per heavy atom. The first kappa shape index (κ1) is 35.9. The van der Waals surface area contributed by atoms with Crippen molar-refractivity contribution in [3.05, 3.63) is 106 Å². The van der Waals surface area contributed by atoms with E-state index in [0.717, 1.165) is 36.8 Å². The average molecular weight is 681 g/mol. The minimum absolute atomic E-state index is 0.157. The van der Waals surface area contributed by atoms with Gasteiger partial charge in [-0.2, -0.15) is 5.10 Å². The predicted octanol–water partition coefficient (Wildman–Crippen LogP) is 6.20. The summed E-state index contributed by atoms with van der Waals surface area (Å²) in [5, 5.41) is 20.7. The van der Waals surface area contributed by atoms with Crippen molar-refractivity contribution in [3.63, 3.8) is 0 Å². The van der Waals surface area contributed by atoms with Gasteiger partial charge in [-0.05, 0) is 91.0 Å². The maximum absolute atomic E-state index is 14.5.